The first-order valence-corrected chi connectivity index (χ1v) is 12.4. The number of anilines is 2. The fourth-order valence-electron chi connectivity index (χ4n) is 4.83. The second-order valence-electron chi connectivity index (χ2n) is 10.7. The SMILES string of the molecule is C=CC(=O)Nc1ccc2c(N3CC[C@@H](NC(=O)OC(C)(C)C)C3)nc(C3CCN(C)CC3)cc2c1. The van der Waals surface area contributed by atoms with Crippen molar-refractivity contribution in [3.8, 4) is 0 Å². The predicted octanol–water partition coefficient (Wildman–Crippen LogP) is 4.27. The quantitative estimate of drug-likeness (QED) is 0.623. The van der Waals surface area contributed by atoms with Crippen molar-refractivity contribution in [2.24, 2.45) is 0 Å². The molecule has 3 heterocycles. The molecule has 8 heteroatoms. The van der Waals surface area contributed by atoms with Crippen LogP contribution < -0.4 is 15.5 Å². The molecule has 35 heavy (non-hydrogen) atoms. The molecule has 2 fully saturated rings. The number of hydrogen-bond acceptors (Lipinski definition) is 6. The highest BCUT2D eigenvalue weighted by Crippen LogP contribution is 2.35. The lowest BCUT2D eigenvalue weighted by Gasteiger charge is -2.30. The first-order chi connectivity index (χ1) is 16.6. The second kappa shape index (κ2) is 10.2. The van der Waals surface area contributed by atoms with Crippen LogP contribution in [0.15, 0.2) is 36.9 Å². The number of carbonyl (C=O) groups excluding carboxylic acids is 2. The van der Waals surface area contributed by atoms with E-state index >= 15 is 0 Å². The Hall–Kier alpha value is -3.13. The van der Waals surface area contributed by atoms with Crippen molar-refractivity contribution in [1.29, 1.82) is 0 Å². The smallest absolute Gasteiger partial charge is 0.407 e. The van der Waals surface area contributed by atoms with Crippen molar-refractivity contribution < 1.29 is 14.3 Å². The first kappa shape index (κ1) is 25.0. The topological polar surface area (TPSA) is 86.8 Å². The summed E-state index contributed by atoms with van der Waals surface area (Å²) in [7, 11) is 2.16. The van der Waals surface area contributed by atoms with E-state index in [1.807, 2.05) is 39.0 Å². The van der Waals surface area contributed by atoms with Gasteiger partial charge in [-0.2, -0.15) is 0 Å². The van der Waals surface area contributed by atoms with E-state index in [1.54, 1.807) is 0 Å². The average Bonchev–Trinajstić information content (AvgIpc) is 3.25. The molecule has 0 unspecified atom stereocenters. The Morgan fingerprint density at radius 2 is 1.89 bits per heavy atom. The Balaban J connectivity index is 1.62. The van der Waals surface area contributed by atoms with E-state index in [-0.39, 0.29) is 18.0 Å². The summed E-state index contributed by atoms with van der Waals surface area (Å²) >= 11 is 0. The summed E-state index contributed by atoms with van der Waals surface area (Å²) in [5.41, 5.74) is 1.30. The van der Waals surface area contributed by atoms with Crippen molar-refractivity contribution in [2.45, 2.75) is 57.6 Å². The van der Waals surface area contributed by atoms with E-state index in [2.05, 4.69) is 40.1 Å². The number of nitrogens with zero attached hydrogens (tertiary/aromatic N) is 3. The van der Waals surface area contributed by atoms with Crippen molar-refractivity contribution in [3.05, 3.63) is 42.6 Å². The largest absolute Gasteiger partial charge is 0.444 e. The number of nitrogens with one attached hydrogen (secondary N) is 2. The zero-order valence-corrected chi connectivity index (χ0v) is 21.3. The van der Waals surface area contributed by atoms with Crippen molar-refractivity contribution in [3.63, 3.8) is 0 Å². The molecule has 0 aliphatic carbocycles. The number of fused-ring (bicyclic) bond motifs is 1. The van der Waals surface area contributed by atoms with Gasteiger partial charge in [-0.05, 0) is 95.9 Å². The number of ether oxygens (including phenoxy) is 1. The van der Waals surface area contributed by atoms with Gasteiger partial charge in [-0.15, -0.1) is 0 Å². The molecular formula is C27H37N5O3. The van der Waals surface area contributed by atoms with E-state index in [0.717, 1.165) is 66.9 Å². The minimum atomic E-state index is -0.527. The number of alkyl carbamates (subject to hydrolysis) is 1. The molecule has 2 aliphatic heterocycles. The maximum Gasteiger partial charge on any atom is 0.407 e. The van der Waals surface area contributed by atoms with Crippen LogP contribution in [-0.2, 0) is 9.53 Å². The third-order valence-electron chi connectivity index (χ3n) is 6.63. The zero-order valence-electron chi connectivity index (χ0n) is 21.3. The molecule has 8 nitrogen and oxygen atoms in total. The minimum absolute atomic E-state index is 0.000149. The van der Waals surface area contributed by atoms with Gasteiger partial charge in [0.05, 0.1) is 6.04 Å². The molecule has 0 bridgehead atoms. The lowest BCUT2D eigenvalue weighted by atomic mass is 9.92. The van der Waals surface area contributed by atoms with Crippen LogP contribution in [0.25, 0.3) is 10.8 Å². The lowest BCUT2D eigenvalue weighted by molar-refractivity contribution is -0.111. The van der Waals surface area contributed by atoms with Gasteiger partial charge in [0.25, 0.3) is 0 Å². The highest BCUT2D eigenvalue weighted by molar-refractivity contribution is 6.02. The molecule has 2 N–H and O–H groups in total. The molecule has 0 spiro atoms. The summed E-state index contributed by atoms with van der Waals surface area (Å²) in [5, 5.41) is 7.96. The molecule has 2 aliphatic rings. The van der Waals surface area contributed by atoms with Crippen LogP contribution in [-0.4, -0.2) is 66.8 Å². The molecule has 4 rings (SSSR count). The summed E-state index contributed by atoms with van der Waals surface area (Å²) in [6.45, 7) is 12.7. The van der Waals surface area contributed by atoms with Crippen molar-refractivity contribution in [2.75, 3.05) is 43.4 Å². The van der Waals surface area contributed by atoms with Crippen LogP contribution in [0.5, 0.6) is 0 Å². The zero-order chi connectivity index (χ0) is 25.2. The van der Waals surface area contributed by atoms with E-state index in [4.69, 9.17) is 9.72 Å². The van der Waals surface area contributed by atoms with Crippen LogP contribution >= 0.6 is 0 Å². The van der Waals surface area contributed by atoms with E-state index in [1.165, 1.54) is 6.08 Å². The van der Waals surface area contributed by atoms with Crippen LogP contribution in [0.3, 0.4) is 0 Å². The molecular weight excluding hydrogens is 442 g/mol. The van der Waals surface area contributed by atoms with Crippen LogP contribution in [0, 0.1) is 0 Å². The third-order valence-corrected chi connectivity index (χ3v) is 6.63. The average molecular weight is 480 g/mol. The highest BCUT2D eigenvalue weighted by Gasteiger charge is 2.29. The Morgan fingerprint density at radius 3 is 2.57 bits per heavy atom. The maximum atomic E-state index is 12.3. The van der Waals surface area contributed by atoms with Gasteiger partial charge in [0.1, 0.15) is 11.4 Å². The highest BCUT2D eigenvalue weighted by atomic mass is 16.6. The fourth-order valence-corrected chi connectivity index (χ4v) is 4.83. The van der Waals surface area contributed by atoms with Gasteiger partial charge in [-0.3, -0.25) is 4.79 Å². The third kappa shape index (κ3) is 6.31. The standard InChI is InChI=1S/C27H37N5O3/c1-6-24(33)28-20-7-8-22-19(15-20)16-23(18-9-12-31(5)13-10-18)30-25(22)32-14-11-21(17-32)29-26(34)35-27(2,3)4/h6-8,15-16,18,21H,1,9-14,17H2,2-5H3,(H,28,33)(H,29,34)/t21-/m1/s1. The number of rotatable bonds is 5. The number of aromatic nitrogens is 1. The van der Waals surface area contributed by atoms with Gasteiger partial charge < -0.3 is 25.2 Å². The number of piperidine rings is 1. The number of amides is 2. The van der Waals surface area contributed by atoms with Gasteiger partial charge in [-0.1, -0.05) is 6.58 Å². The van der Waals surface area contributed by atoms with E-state index < -0.39 is 5.60 Å². The summed E-state index contributed by atoms with van der Waals surface area (Å²) in [6, 6.07) is 8.09. The Labute approximate surface area is 207 Å². The van der Waals surface area contributed by atoms with Gasteiger partial charge in [0, 0.05) is 35.8 Å². The first-order valence-electron chi connectivity index (χ1n) is 12.4. The maximum absolute atomic E-state index is 12.3. The van der Waals surface area contributed by atoms with Crippen molar-refractivity contribution >= 4 is 34.3 Å². The van der Waals surface area contributed by atoms with Crippen molar-refractivity contribution in [1.82, 2.24) is 15.2 Å². The summed E-state index contributed by atoms with van der Waals surface area (Å²) in [5.74, 6) is 1.11. The Bertz CT molecular complexity index is 1100. The Morgan fingerprint density at radius 1 is 1.14 bits per heavy atom. The molecule has 2 amide bonds. The molecule has 0 saturated carbocycles. The molecule has 1 atom stereocenters. The van der Waals surface area contributed by atoms with E-state index in [0.29, 0.717) is 12.5 Å². The van der Waals surface area contributed by atoms with Gasteiger partial charge in [0.15, 0.2) is 0 Å². The molecule has 2 aromatic rings. The molecule has 1 aromatic heterocycles. The summed E-state index contributed by atoms with van der Waals surface area (Å²) < 4.78 is 5.44. The fraction of sp³-hybridized carbons (Fsp3) is 0.519. The number of hydrogen-bond donors (Lipinski definition) is 2. The molecule has 0 radical (unpaired) electrons. The van der Waals surface area contributed by atoms with Gasteiger partial charge >= 0.3 is 6.09 Å². The number of carbonyl (C=O) groups is 2. The molecule has 2 saturated heterocycles. The van der Waals surface area contributed by atoms with Crippen LogP contribution in [0.4, 0.5) is 16.3 Å². The number of likely N-dealkylation sites (tertiary alicyclic amines) is 1. The molecule has 1 aromatic carbocycles. The Kier molecular flexibility index (Phi) is 7.31. The molecule has 188 valence electrons. The number of benzene rings is 1. The van der Waals surface area contributed by atoms with Crippen LogP contribution in [0.1, 0.15) is 51.6 Å². The normalized spacial score (nSPS) is 19.5. The minimum Gasteiger partial charge on any atom is -0.444 e. The van der Waals surface area contributed by atoms with Crippen LogP contribution in [0.2, 0.25) is 0 Å². The van der Waals surface area contributed by atoms with Gasteiger partial charge in [0.2, 0.25) is 5.91 Å². The van der Waals surface area contributed by atoms with Gasteiger partial charge in [-0.25, -0.2) is 9.78 Å². The number of pyridine rings is 1. The van der Waals surface area contributed by atoms with E-state index in [9.17, 15) is 9.59 Å². The summed E-state index contributed by atoms with van der Waals surface area (Å²) in [4.78, 5) is 33.9. The predicted molar refractivity (Wildman–Crippen MR) is 140 cm³/mol. The summed E-state index contributed by atoms with van der Waals surface area (Å²) in [6.07, 6.45) is 3.86. The second-order valence-corrected chi connectivity index (χ2v) is 10.7. The lowest BCUT2D eigenvalue weighted by Crippen LogP contribution is -2.40. The monoisotopic (exact) mass is 479 g/mol.